The fraction of sp³-hybridized carbons (Fsp3) is 0.829. The number of rotatable bonds is 7. The molecule has 0 spiro atoms. The first-order valence-corrected chi connectivity index (χ1v) is 16.9. The third kappa shape index (κ3) is 8.36. The van der Waals surface area contributed by atoms with Crippen molar-refractivity contribution in [3.63, 3.8) is 0 Å². The molecule has 11 nitrogen and oxygen atoms in total. The molecule has 46 heavy (non-hydrogen) atoms. The van der Waals surface area contributed by atoms with Crippen LogP contribution in [0.25, 0.3) is 0 Å². The lowest BCUT2D eigenvalue weighted by atomic mass is 9.74. The number of likely N-dealkylation sites (tertiary alicyclic amines) is 1. The van der Waals surface area contributed by atoms with E-state index in [0.29, 0.717) is 25.4 Å². The lowest BCUT2D eigenvalue weighted by molar-refractivity contribution is -0.296. The third-order valence-electron chi connectivity index (χ3n) is 10.7. The lowest BCUT2D eigenvalue weighted by Gasteiger charge is -2.47. The first-order chi connectivity index (χ1) is 21.6. The fourth-order valence-corrected chi connectivity index (χ4v) is 7.86. The van der Waals surface area contributed by atoms with Crippen LogP contribution in [0.4, 0.5) is 0 Å². The highest BCUT2D eigenvalue weighted by Crippen LogP contribution is 2.39. The number of methoxy groups -OCH3 is 1. The predicted octanol–water partition coefficient (Wildman–Crippen LogP) is 2.64. The van der Waals surface area contributed by atoms with Gasteiger partial charge in [0, 0.05) is 63.4 Å². The van der Waals surface area contributed by atoms with Crippen molar-refractivity contribution in [1.29, 1.82) is 0 Å². The first kappa shape index (κ1) is 37.3. The summed E-state index contributed by atoms with van der Waals surface area (Å²) in [6, 6.07) is 5.88. The van der Waals surface area contributed by atoms with E-state index in [1.54, 1.807) is 21.0 Å². The van der Waals surface area contributed by atoms with Gasteiger partial charge in [-0.15, -0.1) is 0 Å². The molecule has 3 saturated heterocycles. The van der Waals surface area contributed by atoms with Gasteiger partial charge in [-0.2, -0.15) is 0 Å². The highest BCUT2D eigenvalue weighted by atomic mass is 16.7. The number of hydrogen-bond acceptors (Lipinski definition) is 11. The highest BCUT2D eigenvalue weighted by molar-refractivity contribution is 5.87. The number of pyridine rings is 1. The zero-order valence-corrected chi connectivity index (χ0v) is 29.8. The molecule has 10 atom stereocenters. The number of carbonyl (C=O) groups is 1. The van der Waals surface area contributed by atoms with Gasteiger partial charge in [0.05, 0.1) is 35.5 Å². The van der Waals surface area contributed by atoms with Crippen LogP contribution in [0, 0.1) is 23.2 Å². The van der Waals surface area contributed by atoms with Gasteiger partial charge in [0.15, 0.2) is 12.6 Å². The number of likely N-dealkylation sites (N-methyl/N-ethyl adjacent to an activating group) is 2. The molecule has 2 N–H and O–H groups in total. The van der Waals surface area contributed by atoms with Gasteiger partial charge in [0.1, 0.15) is 11.9 Å². The van der Waals surface area contributed by atoms with Crippen LogP contribution in [0.5, 0.6) is 0 Å². The van der Waals surface area contributed by atoms with Crippen LogP contribution in [-0.2, 0) is 30.3 Å². The molecule has 0 amide bonds. The van der Waals surface area contributed by atoms with E-state index in [1.165, 1.54) is 0 Å². The number of nitrogens with zero attached hydrogens (tertiary/aromatic N) is 4. The fourth-order valence-electron chi connectivity index (χ4n) is 7.86. The molecule has 11 heteroatoms. The zero-order valence-electron chi connectivity index (χ0n) is 29.8. The van der Waals surface area contributed by atoms with Gasteiger partial charge in [0.2, 0.25) is 0 Å². The Morgan fingerprint density at radius 2 is 1.80 bits per heavy atom. The Kier molecular flexibility index (Phi) is 12.4. The Labute approximate surface area is 276 Å². The molecular weight excluding hydrogens is 588 g/mol. The summed E-state index contributed by atoms with van der Waals surface area (Å²) in [5.74, 6) is -0.382. The summed E-state index contributed by atoms with van der Waals surface area (Å²) in [6.45, 7) is 15.1. The monoisotopic (exact) mass is 648 g/mol. The highest BCUT2D eigenvalue weighted by Gasteiger charge is 2.51. The van der Waals surface area contributed by atoms with E-state index in [0.717, 1.165) is 31.9 Å². The predicted molar refractivity (Wildman–Crippen MR) is 176 cm³/mol. The second-order valence-electron chi connectivity index (χ2n) is 15.3. The average molecular weight is 649 g/mol. The van der Waals surface area contributed by atoms with E-state index < -0.39 is 41.7 Å². The van der Waals surface area contributed by atoms with Crippen LogP contribution < -0.4 is 0 Å². The number of aliphatic hydroxyl groups is 2. The summed E-state index contributed by atoms with van der Waals surface area (Å²) in [5.41, 5.74) is -1.07. The summed E-state index contributed by atoms with van der Waals surface area (Å²) >= 11 is 0. The quantitative estimate of drug-likeness (QED) is 0.455. The average Bonchev–Trinajstić information content (AvgIpc) is 2.98. The van der Waals surface area contributed by atoms with E-state index in [-0.39, 0.29) is 29.9 Å². The smallest absolute Gasteiger partial charge is 0.185 e. The number of aliphatic hydroxyl groups excluding tert-OH is 2. The van der Waals surface area contributed by atoms with Crippen molar-refractivity contribution in [2.45, 2.75) is 110 Å². The molecule has 1 unspecified atom stereocenters. The van der Waals surface area contributed by atoms with E-state index in [2.05, 4.69) is 28.8 Å². The molecule has 1 aromatic rings. The largest absolute Gasteiger partial charge is 0.386 e. The Morgan fingerprint density at radius 1 is 1.11 bits per heavy atom. The Bertz CT molecular complexity index is 1120. The van der Waals surface area contributed by atoms with Crippen LogP contribution in [0.2, 0.25) is 0 Å². The van der Waals surface area contributed by atoms with Crippen molar-refractivity contribution in [3.8, 4) is 0 Å². The minimum atomic E-state index is -1.31. The maximum atomic E-state index is 14.3. The molecule has 262 valence electrons. The van der Waals surface area contributed by atoms with Crippen molar-refractivity contribution in [1.82, 2.24) is 19.7 Å². The number of ether oxygens (including phenoxy) is 4. The van der Waals surface area contributed by atoms with E-state index in [4.69, 9.17) is 18.9 Å². The number of Topliss-reactive ketones (excluding diaryl/α,β-unsaturated/α-hetero) is 1. The molecule has 3 fully saturated rings. The number of carbonyl (C=O) groups excluding carboxylic acids is 1. The summed E-state index contributed by atoms with van der Waals surface area (Å²) < 4.78 is 25.3. The van der Waals surface area contributed by atoms with Crippen LogP contribution in [0.15, 0.2) is 24.4 Å². The van der Waals surface area contributed by atoms with Crippen LogP contribution >= 0.6 is 0 Å². The van der Waals surface area contributed by atoms with Gasteiger partial charge < -0.3 is 39.0 Å². The van der Waals surface area contributed by atoms with Crippen LogP contribution in [-0.4, -0.2) is 139 Å². The Hall–Kier alpha value is -1.54. The van der Waals surface area contributed by atoms with Gasteiger partial charge in [0.25, 0.3) is 0 Å². The van der Waals surface area contributed by atoms with Crippen molar-refractivity contribution >= 4 is 5.78 Å². The molecule has 0 aromatic carbocycles. The molecule has 1 aromatic heterocycles. The second kappa shape index (κ2) is 15.3. The zero-order chi connectivity index (χ0) is 34.0. The van der Waals surface area contributed by atoms with E-state index >= 15 is 0 Å². The van der Waals surface area contributed by atoms with Gasteiger partial charge in [-0.05, 0) is 79.7 Å². The first-order valence-electron chi connectivity index (χ1n) is 16.9. The molecule has 0 radical (unpaired) electrons. The molecule has 0 saturated carbocycles. The number of hydrogen-bond donors (Lipinski definition) is 2. The summed E-state index contributed by atoms with van der Waals surface area (Å²) in [5, 5.41) is 22.7. The maximum absolute atomic E-state index is 14.3. The summed E-state index contributed by atoms with van der Waals surface area (Å²) in [6.07, 6.45) is -0.976. The topological polar surface area (TPSA) is 117 Å². The SMILES string of the molecule is CO[C@]1(C)C[C@@H](C)CN(C)[C@H](C2CN(Cc3ccccn3)C2)COC(O)C(C)(C)C(=O)[C@H](C)[C@H]1O[C@@H]1O[C@H](C)C[C@H](N(C)C)[C@H]1O. The van der Waals surface area contributed by atoms with Crippen LogP contribution in [0.1, 0.15) is 60.1 Å². The van der Waals surface area contributed by atoms with Crippen LogP contribution in [0.3, 0.4) is 0 Å². The van der Waals surface area contributed by atoms with Gasteiger partial charge >= 0.3 is 0 Å². The molecule has 0 aliphatic carbocycles. The number of aromatic nitrogens is 1. The van der Waals surface area contributed by atoms with Crippen molar-refractivity contribution < 1.29 is 34.0 Å². The standard InChI is InChI=1S/C35H60N4O7/c1-22-16-35(6,43-10)31(46-32-29(40)27(37(7)8)15-23(2)45-32)24(3)30(41)34(4,5)33(42)44-21-28(38(9)17-22)25-18-39(19-25)20-26-13-11-12-14-36-26/h11-14,22-25,27-29,31-33,40,42H,15-21H2,1-10H3/t22-,23-,24+,27+,28+,29-,31-,32+,33?,35-/m1/s1. The molecule has 3 aliphatic rings. The Morgan fingerprint density at radius 3 is 2.41 bits per heavy atom. The van der Waals surface area contributed by atoms with Crippen molar-refractivity contribution in [2.75, 3.05) is 54.5 Å². The Balaban J connectivity index is 1.58. The number of ketones is 1. The normalized spacial score (nSPS) is 39.3. The van der Waals surface area contributed by atoms with E-state index in [9.17, 15) is 15.0 Å². The van der Waals surface area contributed by atoms with Crippen molar-refractivity contribution in [3.05, 3.63) is 30.1 Å². The maximum Gasteiger partial charge on any atom is 0.185 e. The van der Waals surface area contributed by atoms with Gasteiger partial charge in [-0.25, -0.2) is 0 Å². The molecule has 4 rings (SSSR count). The van der Waals surface area contributed by atoms with Crippen molar-refractivity contribution in [2.24, 2.45) is 23.2 Å². The van der Waals surface area contributed by atoms with Gasteiger partial charge in [-0.1, -0.05) is 19.9 Å². The summed E-state index contributed by atoms with van der Waals surface area (Å²) in [7, 11) is 7.64. The van der Waals surface area contributed by atoms with E-state index in [1.807, 2.05) is 64.2 Å². The molecule has 4 heterocycles. The molecular formula is C35H60N4O7. The molecule has 0 bridgehead atoms. The second-order valence-corrected chi connectivity index (χ2v) is 15.3. The molecule has 3 aliphatic heterocycles. The minimum Gasteiger partial charge on any atom is -0.386 e. The van der Waals surface area contributed by atoms with Gasteiger partial charge in [-0.3, -0.25) is 14.7 Å². The third-order valence-corrected chi connectivity index (χ3v) is 10.7. The minimum absolute atomic E-state index is 0.0530. The summed E-state index contributed by atoms with van der Waals surface area (Å²) in [4.78, 5) is 25.5. The lowest BCUT2D eigenvalue weighted by Crippen LogP contribution is -2.59.